The van der Waals surface area contributed by atoms with E-state index in [9.17, 15) is 0 Å². The van der Waals surface area contributed by atoms with E-state index in [1.165, 1.54) is 5.69 Å². The van der Waals surface area contributed by atoms with Crippen LogP contribution in [0.1, 0.15) is 12.8 Å². The van der Waals surface area contributed by atoms with Crippen LogP contribution in [0.3, 0.4) is 0 Å². The summed E-state index contributed by atoms with van der Waals surface area (Å²) in [5, 5.41) is 12.4. The van der Waals surface area contributed by atoms with E-state index in [0.717, 1.165) is 75.7 Å². The normalized spacial score (nSPS) is 17.2. The first-order valence-electron chi connectivity index (χ1n) is 12.6. The molecule has 2 aromatic carbocycles. The van der Waals surface area contributed by atoms with Gasteiger partial charge in [-0.05, 0) is 48.5 Å². The molecule has 0 saturated carbocycles. The van der Waals surface area contributed by atoms with Crippen molar-refractivity contribution in [1.29, 1.82) is 0 Å². The van der Waals surface area contributed by atoms with Gasteiger partial charge < -0.3 is 30.5 Å². The number of nitrogen functional groups attached to an aromatic ring is 1. The fourth-order valence-corrected chi connectivity index (χ4v) is 4.62. The van der Waals surface area contributed by atoms with Crippen LogP contribution in [-0.2, 0) is 4.74 Å². The van der Waals surface area contributed by atoms with E-state index in [-0.39, 0.29) is 12.7 Å². The number of aromatic nitrogens is 2. The van der Waals surface area contributed by atoms with E-state index >= 15 is 0 Å². The van der Waals surface area contributed by atoms with E-state index in [0.29, 0.717) is 17.4 Å². The highest BCUT2D eigenvalue weighted by molar-refractivity contribution is 5.69. The van der Waals surface area contributed by atoms with Gasteiger partial charge in [-0.15, -0.1) is 0 Å². The minimum absolute atomic E-state index is 0.143. The van der Waals surface area contributed by atoms with Crippen molar-refractivity contribution in [3.8, 4) is 17.0 Å². The highest BCUT2D eigenvalue weighted by Gasteiger charge is 2.18. The number of piperazine rings is 1. The second-order valence-corrected chi connectivity index (χ2v) is 9.17. The summed E-state index contributed by atoms with van der Waals surface area (Å²) in [5.41, 5.74) is 10.7. The van der Waals surface area contributed by atoms with Gasteiger partial charge in [-0.1, -0.05) is 0 Å². The molecular formula is C27H34N6O3. The van der Waals surface area contributed by atoms with Crippen LogP contribution in [0.2, 0.25) is 0 Å². The Morgan fingerprint density at radius 2 is 1.81 bits per heavy atom. The summed E-state index contributed by atoms with van der Waals surface area (Å²) in [4.78, 5) is 13.7. The number of β-amino-alcohol motifs (C(OH)–C–C–N with tert-alkyl or cyclic N) is 1. The van der Waals surface area contributed by atoms with Crippen LogP contribution >= 0.6 is 0 Å². The van der Waals surface area contributed by atoms with Crippen LogP contribution in [0.4, 0.5) is 23.0 Å². The first-order valence-corrected chi connectivity index (χ1v) is 12.6. The molecule has 2 saturated heterocycles. The summed E-state index contributed by atoms with van der Waals surface area (Å²) in [7, 11) is 0. The number of aliphatic hydroxyl groups excluding tert-OH is 1. The number of hydrogen-bond acceptors (Lipinski definition) is 9. The van der Waals surface area contributed by atoms with Crippen LogP contribution < -0.4 is 20.7 Å². The van der Waals surface area contributed by atoms with Crippen LogP contribution in [0.25, 0.3) is 11.3 Å². The van der Waals surface area contributed by atoms with Crippen molar-refractivity contribution in [2.75, 3.05) is 68.5 Å². The molecule has 0 spiro atoms. The number of nitrogens with two attached hydrogens (primary N) is 1. The Morgan fingerprint density at radius 1 is 1.03 bits per heavy atom. The second kappa shape index (κ2) is 11.6. The molecule has 0 bridgehead atoms. The maximum Gasteiger partial charge on any atom is 0.227 e. The molecule has 5 rings (SSSR count). The molecule has 2 aliphatic rings. The molecule has 0 aliphatic carbocycles. The Hall–Kier alpha value is -3.40. The highest BCUT2D eigenvalue weighted by atomic mass is 16.5. The van der Waals surface area contributed by atoms with Crippen molar-refractivity contribution in [3.05, 3.63) is 54.7 Å². The zero-order chi connectivity index (χ0) is 24.7. The summed E-state index contributed by atoms with van der Waals surface area (Å²) in [5.74, 6) is 1.23. The zero-order valence-electron chi connectivity index (χ0n) is 20.5. The van der Waals surface area contributed by atoms with Crippen molar-refractivity contribution in [3.63, 3.8) is 0 Å². The van der Waals surface area contributed by atoms with Gasteiger partial charge in [-0.2, -0.15) is 0 Å². The van der Waals surface area contributed by atoms with Crippen LogP contribution in [0.5, 0.6) is 5.75 Å². The Kier molecular flexibility index (Phi) is 7.80. The van der Waals surface area contributed by atoms with Gasteiger partial charge in [0, 0.05) is 68.7 Å². The van der Waals surface area contributed by atoms with Crippen molar-refractivity contribution in [2.45, 2.75) is 18.9 Å². The number of nitrogens with zero attached hydrogens (tertiary/aromatic N) is 4. The van der Waals surface area contributed by atoms with Crippen molar-refractivity contribution < 1.29 is 14.6 Å². The van der Waals surface area contributed by atoms with Gasteiger partial charge in [0.2, 0.25) is 5.95 Å². The quantitative estimate of drug-likeness (QED) is 0.410. The predicted octanol–water partition coefficient (Wildman–Crippen LogP) is 3.14. The highest BCUT2D eigenvalue weighted by Crippen LogP contribution is 2.30. The van der Waals surface area contributed by atoms with Gasteiger partial charge >= 0.3 is 0 Å². The summed E-state index contributed by atoms with van der Waals surface area (Å²) in [6.45, 7) is 6.27. The van der Waals surface area contributed by atoms with Crippen molar-refractivity contribution >= 4 is 23.0 Å². The lowest BCUT2D eigenvalue weighted by Crippen LogP contribution is -2.47. The number of aliphatic hydroxyl groups is 1. The minimum Gasteiger partial charge on any atom is -0.488 e. The lowest BCUT2D eigenvalue weighted by Gasteiger charge is -2.35. The van der Waals surface area contributed by atoms with Crippen LogP contribution in [-0.4, -0.2) is 78.6 Å². The molecule has 3 aromatic rings. The molecule has 0 radical (unpaired) electrons. The van der Waals surface area contributed by atoms with E-state index in [2.05, 4.69) is 32.2 Å². The van der Waals surface area contributed by atoms with Gasteiger partial charge in [-0.3, -0.25) is 4.90 Å². The SMILES string of the molecule is Nc1cc(-c2ccnc(Nc3ccc(N4CCN(CCO)CC4)cc3)n2)ccc1OC1CCOCC1. The van der Waals surface area contributed by atoms with Gasteiger partial charge in [0.15, 0.2) is 0 Å². The molecule has 2 fully saturated rings. The van der Waals surface area contributed by atoms with Crippen molar-refractivity contribution in [2.24, 2.45) is 0 Å². The maximum absolute atomic E-state index is 9.13. The third-order valence-electron chi connectivity index (χ3n) is 6.70. The molecule has 4 N–H and O–H groups in total. The molecule has 0 amide bonds. The molecule has 1 aromatic heterocycles. The van der Waals surface area contributed by atoms with Gasteiger partial charge in [0.05, 0.1) is 31.2 Å². The number of hydrogen-bond donors (Lipinski definition) is 3. The third-order valence-corrected chi connectivity index (χ3v) is 6.70. The average molecular weight is 491 g/mol. The first-order chi connectivity index (χ1) is 17.7. The molecule has 9 nitrogen and oxygen atoms in total. The molecule has 190 valence electrons. The Labute approximate surface area is 211 Å². The monoisotopic (exact) mass is 490 g/mol. The fourth-order valence-electron chi connectivity index (χ4n) is 4.62. The average Bonchev–Trinajstić information content (AvgIpc) is 2.92. The molecule has 3 heterocycles. The number of nitrogens with one attached hydrogen (secondary N) is 1. The molecule has 9 heteroatoms. The van der Waals surface area contributed by atoms with Crippen LogP contribution in [0, 0.1) is 0 Å². The smallest absolute Gasteiger partial charge is 0.227 e. The van der Waals surface area contributed by atoms with E-state index in [1.807, 2.05) is 36.4 Å². The van der Waals surface area contributed by atoms with Gasteiger partial charge in [0.25, 0.3) is 0 Å². The maximum atomic E-state index is 9.13. The molecule has 36 heavy (non-hydrogen) atoms. The first kappa shape index (κ1) is 24.3. The van der Waals surface area contributed by atoms with E-state index in [4.69, 9.17) is 25.3 Å². The fraction of sp³-hybridized carbons (Fsp3) is 0.407. The topological polar surface area (TPSA) is 109 Å². The Morgan fingerprint density at radius 3 is 2.53 bits per heavy atom. The summed E-state index contributed by atoms with van der Waals surface area (Å²) in [6.07, 6.45) is 3.64. The molecule has 0 unspecified atom stereocenters. The Balaban J connectivity index is 1.21. The minimum atomic E-state index is 0.143. The van der Waals surface area contributed by atoms with Crippen LogP contribution in [0.15, 0.2) is 54.7 Å². The molecule has 0 atom stereocenters. The molecule has 2 aliphatic heterocycles. The number of benzene rings is 2. The lowest BCUT2D eigenvalue weighted by molar-refractivity contribution is 0.0259. The summed E-state index contributed by atoms with van der Waals surface area (Å²) >= 11 is 0. The summed E-state index contributed by atoms with van der Waals surface area (Å²) in [6, 6.07) is 16.0. The lowest BCUT2D eigenvalue weighted by atomic mass is 10.1. The van der Waals surface area contributed by atoms with Gasteiger partial charge in [0.1, 0.15) is 11.9 Å². The van der Waals surface area contributed by atoms with E-state index in [1.54, 1.807) is 6.20 Å². The van der Waals surface area contributed by atoms with Gasteiger partial charge in [-0.25, -0.2) is 9.97 Å². The third kappa shape index (κ3) is 6.04. The zero-order valence-corrected chi connectivity index (χ0v) is 20.5. The van der Waals surface area contributed by atoms with Crippen molar-refractivity contribution in [1.82, 2.24) is 14.9 Å². The predicted molar refractivity (Wildman–Crippen MR) is 142 cm³/mol. The standard InChI is InChI=1S/C27H34N6O3/c28-24-19-20(1-6-26(24)36-23-8-17-35-18-9-23)25-7-10-29-27(31-25)30-21-2-4-22(5-3-21)33-13-11-32(12-14-33)15-16-34/h1-7,10,19,23,34H,8-9,11-18,28H2,(H,29,30,31). The number of rotatable bonds is 8. The molecular weight excluding hydrogens is 456 g/mol. The second-order valence-electron chi connectivity index (χ2n) is 9.17. The number of anilines is 4. The number of ether oxygens (including phenoxy) is 2. The largest absolute Gasteiger partial charge is 0.488 e. The van der Waals surface area contributed by atoms with E-state index < -0.39 is 0 Å². The summed E-state index contributed by atoms with van der Waals surface area (Å²) < 4.78 is 11.5. The Bertz CT molecular complexity index is 1130.